The number of hydrogen-bond donors (Lipinski definition) is 0. The molecule has 0 N–H and O–H groups in total. The first-order chi connectivity index (χ1) is 9.88. The summed E-state index contributed by atoms with van der Waals surface area (Å²) in [6, 6.07) is 8.91. The number of alkyl halides is 1. The fraction of sp³-hybridized carbons (Fsp3) is 0.500. The van der Waals surface area contributed by atoms with Crippen LogP contribution in [-0.2, 0) is 0 Å². The van der Waals surface area contributed by atoms with Crippen LogP contribution in [0.2, 0.25) is 0 Å². The number of piperazine rings is 1. The van der Waals surface area contributed by atoms with Crippen LogP contribution in [0.4, 0.5) is 5.69 Å². The number of anilines is 1. The van der Waals surface area contributed by atoms with Crippen molar-refractivity contribution in [3.8, 4) is 0 Å². The van der Waals surface area contributed by atoms with E-state index < -0.39 is 0 Å². The molecule has 1 aliphatic rings. The van der Waals surface area contributed by atoms with E-state index in [-0.39, 0.29) is 12.4 Å². The van der Waals surface area contributed by atoms with E-state index in [4.69, 9.17) is 11.6 Å². The Hall–Kier alpha value is -0.480. The maximum absolute atomic E-state index is 5.74. The third-order valence-corrected chi connectivity index (χ3v) is 5.19. The highest BCUT2D eigenvalue weighted by atomic mass is 35.5. The fourth-order valence-corrected chi connectivity index (χ4v) is 3.89. The van der Waals surface area contributed by atoms with Crippen molar-refractivity contribution in [2.75, 3.05) is 43.5 Å². The van der Waals surface area contributed by atoms with Crippen molar-refractivity contribution in [2.45, 2.75) is 12.8 Å². The van der Waals surface area contributed by atoms with Gasteiger partial charge in [0.25, 0.3) is 0 Å². The first-order valence-electron chi connectivity index (χ1n) is 7.38. The molecule has 5 heteroatoms. The minimum absolute atomic E-state index is 0. The molecule has 0 unspecified atom stereocenters. The van der Waals surface area contributed by atoms with E-state index in [1.807, 2.05) is 11.3 Å². The van der Waals surface area contributed by atoms with E-state index in [1.54, 1.807) is 0 Å². The number of halogens is 2. The number of unbranched alkanes of at least 4 members (excludes halogenated alkanes) is 1. The van der Waals surface area contributed by atoms with Crippen molar-refractivity contribution in [3.05, 3.63) is 29.6 Å². The predicted molar refractivity (Wildman–Crippen MR) is 97.7 cm³/mol. The summed E-state index contributed by atoms with van der Waals surface area (Å²) < 4.78 is 1.40. The summed E-state index contributed by atoms with van der Waals surface area (Å²) in [6.45, 7) is 5.81. The third kappa shape index (κ3) is 4.04. The smallest absolute Gasteiger partial charge is 0.0455 e. The molecule has 1 aromatic carbocycles. The van der Waals surface area contributed by atoms with Gasteiger partial charge >= 0.3 is 0 Å². The minimum Gasteiger partial charge on any atom is -0.368 e. The van der Waals surface area contributed by atoms with Crippen LogP contribution in [0.15, 0.2) is 29.6 Å². The Morgan fingerprint density at radius 2 is 1.86 bits per heavy atom. The summed E-state index contributed by atoms with van der Waals surface area (Å²) in [5, 5.41) is 3.60. The molecule has 0 radical (unpaired) electrons. The van der Waals surface area contributed by atoms with Crippen LogP contribution in [-0.4, -0.2) is 43.5 Å². The molecule has 0 bridgehead atoms. The van der Waals surface area contributed by atoms with E-state index in [0.29, 0.717) is 0 Å². The van der Waals surface area contributed by atoms with Gasteiger partial charge in [0, 0.05) is 47.8 Å². The topological polar surface area (TPSA) is 6.48 Å². The second-order valence-electron chi connectivity index (χ2n) is 5.33. The summed E-state index contributed by atoms with van der Waals surface area (Å²) >= 11 is 7.57. The van der Waals surface area contributed by atoms with Gasteiger partial charge in [0.15, 0.2) is 0 Å². The highest BCUT2D eigenvalue weighted by molar-refractivity contribution is 7.17. The van der Waals surface area contributed by atoms with Gasteiger partial charge in [-0.2, -0.15) is 0 Å². The number of rotatable bonds is 5. The molecule has 3 rings (SSSR count). The molecule has 1 saturated heterocycles. The summed E-state index contributed by atoms with van der Waals surface area (Å²) in [4.78, 5) is 5.10. The molecule has 0 saturated carbocycles. The van der Waals surface area contributed by atoms with Crippen LogP contribution in [0, 0.1) is 0 Å². The zero-order chi connectivity index (χ0) is 13.8. The van der Waals surface area contributed by atoms with Crippen molar-refractivity contribution in [3.63, 3.8) is 0 Å². The third-order valence-electron chi connectivity index (χ3n) is 4.04. The van der Waals surface area contributed by atoms with Crippen molar-refractivity contribution in [1.29, 1.82) is 0 Å². The van der Waals surface area contributed by atoms with Gasteiger partial charge in [-0.1, -0.05) is 6.07 Å². The summed E-state index contributed by atoms with van der Waals surface area (Å²) in [7, 11) is 0. The normalized spacial score (nSPS) is 16.1. The number of hydrogen-bond acceptors (Lipinski definition) is 3. The molecule has 0 spiro atoms. The quantitative estimate of drug-likeness (QED) is 0.583. The highest BCUT2D eigenvalue weighted by Gasteiger charge is 2.18. The maximum atomic E-state index is 5.74. The van der Waals surface area contributed by atoms with Crippen LogP contribution in [0.25, 0.3) is 10.1 Å². The van der Waals surface area contributed by atoms with Gasteiger partial charge in [0.1, 0.15) is 0 Å². The lowest BCUT2D eigenvalue weighted by molar-refractivity contribution is 0.254. The molecule has 0 atom stereocenters. The maximum Gasteiger partial charge on any atom is 0.0455 e. The van der Waals surface area contributed by atoms with Crippen LogP contribution in [0.5, 0.6) is 0 Å². The Bertz CT molecular complexity index is 550. The number of thiophene rings is 1. The summed E-state index contributed by atoms with van der Waals surface area (Å²) in [6.07, 6.45) is 2.36. The van der Waals surface area contributed by atoms with Crippen molar-refractivity contribution < 1.29 is 0 Å². The monoisotopic (exact) mass is 344 g/mol. The molecule has 2 nitrogen and oxygen atoms in total. The molecule has 1 fully saturated rings. The Morgan fingerprint density at radius 1 is 1.05 bits per heavy atom. The number of fused-ring (bicyclic) bond motifs is 1. The molecule has 116 valence electrons. The van der Waals surface area contributed by atoms with Gasteiger partial charge in [-0.25, -0.2) is 0 Å². The van der Waals surface area contributed by atoms with E-state index in [2.05, 4.69) is 39.4 Å². The fourth-order valence-electron chi connectivity index (χ4n) is 2.90. The van der Waals surface area contributed by atoms with Crippen LogP contribution in [0.3, 0.4) is 0 Å². The van der Waals surface area contributed by atoms with Crippen LogP contribution >= 0.6 is 35.3 Å². The van der Waals surface area contributed by atoms with Gasteiger partial charge in [-0.3, -0.25) is 4.90 Å². The summed E-state index contributed by atoms with van der Waals surface area (Å²) in [5.74, 6) is 0.792. The van der Waals surface area contributed by atoms with Gasteiger partial charge in [0.05, 0.1) is 0 Å². The Labute approximate surface area is 142 Å². The average molecular weight is 345 g/mol. The molecule has 1 aliphatic heterocycles. The molecule has 0 aliphatic carbocycles. The van der Waals surface area contributed by atoms with Gasteiger partial charge in [-0.05, 0) is 43.0 Å². The lowest BCUT2D eigenvalue weighted by atomic mass is 10.2. The lowest BCUT2D eigenvalue weighted by Crippen LogP contribution is -2.46. The van der Waals surface area contributed by atoms with E-state index >= 15 is 0 Å². The highest BCUT2D eigenvalue weighted by Crippen LogP contribution is 2.31. The van der Waals surface area contributed by atoms with Crippen LogP contribution in [0.1, 0.15) is 12.8 Å². The van der Waals surface area contributed by atoms with E-state index in [1.165, 1.54) is 41.8 Å². The Morgan fingerprint density at radius 3 is 2.62 bits per heavy atom. The van der Waals surface area contributed by atoms with E-state index in [9.17, 15) is 0 Å². The predicted octanol–water partition coefficient (Wildman–Crippen LogP) is 4.46. The summed E-state index contributed by atoms with van der Waals surface area (Å²) in [5.41, 5.74) is 1.41. The molecule has 0 amide bonds. The molecule has 1 aromatic heterocycles. The number of benzene rings is 1. The van der Waals surface area contributed by atoms with Gasteiger partial charge < -0.3 is 4.90 Å². The SMILES string of the molecule is Cl.ClCCCCN1CCN(c2cccc3sccc23)CC1. The largest absolute Gasteiger partial charge is 0.368 e. The first-order valence-corrected chi connectivity index (χ1v) is 8.79. The second kappa shape index (κ2) is 8.23. The van der Waals surface area contributed by atoms with Gasteiger partial charge in [0.2, 0.25) is 0 Å². The molecule has 2 heterocycles. The Kier molecular flexibility index (Phi) is 6.62. The second-order valence-corrected chi connectivity index (χ2v) is 6.66. The van der Waals surface area contributed by atoms with Crippen molar-refractivity contribution in [2.24, 2.45) is 0 Å². The molecular weight excluding hydrogens is 323 g/mol. The minimum atomic E-state index is 0. The Balaban J connectivity index is 0.00000161. The standard InChI is InChI=1S/C16H21ClN2S.ClH/c17-7-1-2-8-18-9-11-19(12-10-18)15-4-3-5-16-14(15)6-13-20-16;/h3-6,13H,1-2,7-12H2;1H. The first kappa shape index (κ1) is 16.9. The van der Waals surface area contributed by atoms with E-state index in [0.717, 1.165) is 25.4 Å². The average Bonchev–Trinajstić information content (AvgIpc) is 2.97. The molecule has 2 aromatic rings. The van der Waals surface area contributed by atoms with Crippen LogP contribution < -0.4 is 4.90 Å². The lowest BCUT2D eigenvalue weighted by Gasteiger charge is -2.36. The molecular formula is C16H22Cl2N2S. The molecule has 21 heavy (non-hydrogen) atoms. The van der Waals surface area contributed by atoms with Crippen molar-refractivity contribution in [1.82, 2.24) is 4.90 Å². The zero-order valence-corrected chi connectivity index (χ0v) is 14.5. The van der Waals surface area contributed by atoms with Crippen molar-refractivity contribution >= 4 is 51.1 Å². The zero-order valence-electron chi connectivity index (χ0n) is 12.1. The van der Waals surface area contributed by atoms with Gasteiger partial charge in [-0.15, -0.1) is 35.3 Å². The number of nitrogens with zero attached hydrogens (tertiary/aromatic N) is 2.